The molecule has 6 nitrogen and oxygen atoms in total. The van der Waals surface area contributed by atoms with E-state index in [4.69, 9.17) is 9.72 Å². The highest BCUT2D eigenvalue weighted by Gasteiger charge is 2.63. The van der Waals surface area contributed by atoms with Gasteiger partial charge in [-0.3, -0.25) is 9.25 Å². The number of aliphatic hydroxyl groups is 1. The molecule has 0 spiro atoms. The van der Waals surface area contributed by atoms with Gasteiger partial charge in [0.1, 0.15) is 12.4 Å². The number of benzene rings is 1. The molecule has 3 aliphatic carbocycles. The van der Waals surface area contributed by atoms with Crippen molar-refractivity contribution in [3.63, 3.8) is 0 Å². The van der Waals surface area contributed by atoms with Crippen molar-refractivity contribution in [2.24, 2.45) is 24.3 Å². The molecule has 1 aromatic carbocycles. The summed E-state index contributed by atoms with van der Waals surface area (Å²) in [5, 5.41) is 15.8. The van der Waals surface area contributed by atoms with E-state index in [1.807, 2.05) is 44.4 Å². The third-order valence-corrected chi connectivity index (χ3v) is 7.30. The summed E-state index contributed by atoms with van der Waals surface area (Å²) in [4.78, 5) is 4.80. The predicted octanol–water partition coefficient (Wildman–Crippen LogP) is 3.46. The lowest BCUT2D eigenvalue weighted by molar-refractivity contribution is -0.260. The first-order valence-corrected chi connectivity index (χ1v) is 10.1. The van der Waals surface area contributed by atoms with Crippen LogP contribution in [-0.4, -0.2) is 36.1 Å². The molecule has 0 aliphatic heterocycles. The number of aromatic nitrogens is 4. The molecule has 148 valence electrons. The summed E-state index contributed by atoms with van der Waals surface area (Å²) in [6, 6.07) is 10.0. The van der Waals surface area contributed by atoms with Crippen molar-refractivity contribution in [1.29, 1.82) is 0 Å². The van der Waals surface area contributed by atoms with Crippen molar-refractivity contribution in [1.82, 2.24) is 19.3 Å². The molecule has 3 saturated carbocycles. The monoisotopic (exact) mass is 380 g/mol. The molecule has 6 heteroatoms. The van der Waals surface area contributed by atoms with Gasteiger partial charge in [-0.1, -0.05) is 26.0 Å². The van der Waals surface area contributed by atoms with Crippen LogP contribution in [0, 0.1) is 17.3 Å². The number of imidazole rings is 1. The number of fused-ring (bicyclic) bond motifs is 3. The van der Waals surface area contributed by atoms with Crippen molar-refractivity contribution in [2.75, 3.05) is 0 Å². The Bertz CT molecular complexity index is 1030. The van der Waals surface area contributed by atoms with E-state index in [2.05, 4.69) is 29.6 Å². The topological polar surface area (TPSA) is 65.1 Å². The molecule has 2 heterocycles. The molecule has 3 aliphatic rings. The minimum absolute atomic E-state index is 0.165. The van der Waals surface area contributed by atoms with Crippen LogP contribution in [0.1, 0.15) is 39.4 Å². The van der Waals surface area contributed by atoms with Crippen LogP contribution < -0.4 is 0 Å². The van der Waals surface area contributed by atoms with Gasteiger partial charge in [0.15, 0.2) is 5.82 Å². The standard InChI is InChI=1S/C22H28N4O2/c1-21(2)14-11-17(21)22(3,27)18(12-14)28-13-20-23-15-7-5-6-8-16(15)26(20)19-9-10-25(4)24-19/h5-10,14,17-18,27H,11-13H2,1-4H3/t14-,17-,18+,22-/m1/s1. The summed E-state index contributed by atoms with van der Waals surface area (Å²) >= 11 is 0. The first-order valence-electron chi connectivity index (χ1n) is 10.1. The molecular formula is C22H28N4O2. The fourth-order valence-electron chi connectivity index (χ4n) is 5.49. The number of ether oxygens (including phenoxy) is 1. The largest absolute Gasteiger partial charge is 0.387 e. The maximum absolute atomic E-state index is 11.2. The summed E-state index contributed by atoms with van der Waals surface area (Å²) in [6.07, 6.45) is 3.77. The fourth-order valence-corrected chi connectivity index (χ4v) is 5.49. The van der Waals surface area contributed by atoms with Crippen molar-refractivity contribution >= 4 is 11.0 Å². The maximum Gasteiger partial charge on any atom is 0.160 e. The number of para-hydroxylation sites is 2. The van der Waals surface area contributed by atoms with Gasteiger partial charge in [0, 0.05) is 19.3 Å². The predicted molar refractivity (Wildman–Crippen MR) is 107 cm³/mol. The van der Waals surface area contributed by atoms with Crippen LogP contribution in [0.5, 0.6) is 0 Å². The van der Waals surface area contributed by atoms with Crippen LogP contribution in [0.4, 0.5) is 0 Å². The van der Waals surface area contributed by atoms with E-state index in [0.717, 1.165) is 35.5 Å². The zero-order valence-corrected chi connectivity index (χ0v) is 17.0. The Morgan fingerprint density at radius 2 is 1.96 bits per heavy atom. The summed E-state index contributed by atoms with van der Waals surface area (Å²) in [7, 11) is 1.91. The third-order valence-electron chi connectivity index (χ3n) is 7.30. The SMILES string of the molecule is Cn1ccc(-n2c(CO[C@H]3C[C@H]4C[C@H](C4(C)C)[C@@]3(C)O)nc3ccccc32)n1. The van der Waals surface area contributed by atoms with E-state index in [1.54, 1.807) is 4.68 Å². The van der Waals surface area contributed by atoms with Gasteiger partial charge in [0.25, 0.3) is 0 Å². The number of hydrogen-bond acceptors (Lipinski definition) is 4. The molecule has 0 amide bonds. The fraction of sp³-hybridized carbons (Fsp3) is 0.545. The lowest BCUT2D eigenvalue weighted by atomic mass is 9.43. The summed E-state index contributed by atoms with van der Waals surface area (Å²) in [5.41, 5.74) is 1.33. The van der Waals surface area contributed by atoms with E-state index < -0.39 is 5.60 Å². The van der Waals surface area contributed by atoms with Crippen LogP contribution in [0.3, 0.4) is 0 Å². The Morgan fingerprint density at radius 1 is 1.18 bits per heavy atom. The van der Waals surface area contributed by atoms with Crippen LogP contribution in [0.25, 0.3) is 16.9 Å². The quantitative estimate of drug-likeness (QED) is 0.753. The first kappa shape index (κ1) is 17.9. The second-order valence-electron chi connectivity index (χ2n) is 9.27. The molecule has 2 aromatic heterocycles. The maximum atomic E-state index is 11.2. The second-order valence-corrected chi connectivity index (χ2v) is 9.27. The Balaban J connectivity index is 1.45. The molecule has 0 unspecified atom stereocenters. The van der Waals surface area contributed by atoms with Gasteiger partial charge in [-0.2, -0.15) is 5.10 Å². The summed E-state index contributed by atoms with van der Waals surface area (Å²) in [6.45, 7) is 6.85. The van der Waals surface area contributed by atoms with Crippen LogP contribution >= 0.6 is 0 Å². The molecule has 2 bridgehead atoms. The lowest BCUT2D eigenvalue weighted by Gasteiger charge is -2.64. The molecule has 28 heavy (non-hydrogen) atoms. The average Bonchev–Trinajstić information content (AvgIpc) is 3.22. The van der Waals surface area contributed by atoms with Gasteiger partial charge in [0.05, 0.1) is 22.7 Å². The molecule has 4 atom stereocenters. The zero-order valence-electron chi connectivity index (χ0n) is 17.0. The molecule has 1 N–H and O–H groups in total. The molecule has 3 aromatic rings. The van der Waals surface area contributed by atoms with Crippen molar-refractivity contribution < 1.29 is 9.84 Å². The zero-order chi connectivity index (χ0) is 19.7. The van der Waals surface area contributed by atoms with Crippen molar-refractivity contribution in [2.45, 2.75) is 51.9 Å². The van der Waals surface area contributed by atoms with E-state index in [-0.39, 0.29) is 11.5 Å². The number of nitrogens with zero attached hydrogens (tertiary/aromatic N) is 4. The summed E-state index contributed by atoms with van der Waals surface area (Å²) in [5.74, 6) is 2.55. The van der Waals surface area contributed by atoms with Crippen LogP contribution in [-0.2, 0) is 18.4 Å². The van der Waals surface area contributed by atoms with Gasteiger partial charge >= 0.3 is 0 Å². The number of aryl methyl sites for hydroxylation is 1. The van der Waals surface area contributed by atoms with Gasteiger partial charge in [0.2, 0.25) is 0 Å². The minimum Gasteiger partial charge on any atom is -0.387 e. The smallest absolute Gasteiger partial charge is 0.160 e. The van der Waals surface area contributed by atoms with Gasteiger partial charge in [-0.15, -0.1) is 0 Å². The molecule has 6 rings (SSSR count). The second kappa shape index (κ2) is 5.91. The highest BCUT2D eigenvalue weighted by molar-refractivity contribution is 5.77. The van der Waals surface area contributed by atoms with E-state index in [1.165, 1.54) is 0 Å². The number of hydrogen-bond donors (Lipinski definition) is 1. The van der Waals surface area contributed by atoms with Crippen molar-refractivity contribution in [3.05, 3.63) is 42.4 Å². The Labute approximate surface area is 165 Å². The van der Waals surface area contributed by atoms with E-state index in [0.29, 0.717) is 18.4 Å². The van der Waals surface area contributed by atoms with E-state index >= 15 is 0 Å². The van der Waals surface area contributed by atoms with Gasteiger partial charge in [-0.25, -0.2) is 4.98 Å². The summed E-state index contributed by atoms with van der Waals surface area (Å²) < 4.78 is 10.2. The average molecular weight is 380 g/mol. The van der Waals surface area contributed by atoms with Crippen molar-refractivity contribution in [3.8, 4) is 5.82 Å². The molecule has 0 saturated heterocycles. The highest BCUT2D eigenvalue weighted by atomic mass is 16.5. The minimum atomic E-state index is -0.805. The normalized spacial score (nSPS) is 31.1. The van der Waals surface area contributed by atoms with Crippen LogP contribution in [0.2, 0.25) is 0 Å². The first-order chi connectivity index (χ1) is 13.3. The Hall–Kier alpha value is -2.18. The van der Waals surface area contributed by atoms with Gasteiger partial charge < -0.3 is 9.84 Å². The highest BCUT2D eigenvalue weighted by Crippen LogP contribution is 2.63. The molecule has 0 radical (unpaired) electrons. The Morgan fingerprint density at radius 3 is 2.64 bits per heavy atom. The van der Waals surface area contributed by atoms with Gasteiger partial charge in [-0.05, 0) is 49.1 Å². The van der Waals surface area contributed by atoms with E-state index in [9.17, 15) is 5.11 Å². The lowest BCUT2D eigenvalue weighted by Crippen LogP contribution is -2.66. The molecule has 3 fully saturated rings. The molecular weight excluding hydrogens is 352 g/mol. The number of rotatable bonds is 4. The third kappa shape index (κ3) is 2.47. The van der Waals surface area contributed by atoms with Crippen LogP contribution in [0.15, 0.2) is 36.5 Å². The Kier molecular flexibility index (Phi) is 3.77.